The number of benzene rings is 2. The molecule has 0 aliphatic carbocycles. The number of aromatic nitrogens is 2. The van der Waals surface area contributed by atoms with Gasteiger partial charge < -0.3 is 4.90 Å². The van der Waals surface area contributed by atoms with E-state index >= 15 is 0 Å². The van der Waals surface area contributed by atoms with Crippen LogP contribution in [0.25, 0.3) is 10.9 Å². The number of ketones is 1. The number of alkyl halides is 6. The van der Waals surface area contributed by atoms with Crippen molar-refractivity contribution in [1.29, 1.82) is 0 Å². The molecule has 12 heteroatoms. The van der Waals surface area contributed by atoms with Gasteiger partial charge in [0.1, 0.15) is 5.78 Å². The zero-order valence-corrected chi connectivity index (χ0v) is 19.1. The predicted octanol–water partition coefficient (Wildman–Crippen LogP) is 4.56. The number of halogens is 6. The van der Waals surface area contributed by atoms with Gasteiger partial charge in [0.05, 0.1) is 29.2 Å². The minimum atomic E-state index is -5.06. The van der Waals surface area contributed by atoms with Crippen molar-refractivity contribution in [3.05, 3.63) is 64.8 Å². The van der Waals surface area contributed by atoms with Crippen molar-refractivity contribution in [2.75, 3.05) is 26.2 Å². The summed E-state index contributed by atoms with van der Waals surface area (Å²) in [5.41, 5.74) is -2.46. The summed E-state index contributed by atoms with van der Waals surface area (Å²) in [5.74, 6) is -1.05. The maximum Gasteiger partial charge on any atom is 0.416 e. The van der Waals surface area contributed by atoms with Gasteiger partial charge in [0, 0.05) is 42.7 Å². The van der Waals surface area contributed by atoms with Crippen LogP contribution in [0.1, 0.15) is 34.1 Å². The topological polar surface area (TPSA) is 69.3 Å². The molecule has 1 atom stereocenters. The van der Waals surface area contributed by atoms with Crippen LogP contribution in [-0.4, -0.2) is 63.9 Å². The first kappa shape index (κ1) is 25.7. The number of hydrogen-bond acceptors (Lipinski definition) is 4. The van der Waals surface area contributed by atoms with Crippen LogP contribution in [0.4, 0.5) is 26.3 Å². The van der Waals surface area contributed by atoms with Crippen LogP contribution in [0.15, 0.2) is 42.5 Å². The summed E-state index contributed by atoms with van der Waals surface area (Å²) in [6, 6.07) is 7.46. The van der Waals surface area contributed by atoms with E-state index in [1.54, 1.807) is 18.2 Å². The van der Waals surface area contributed by atoms with Crippen molar-refractivity contribution in [3.63, 3.8) is 0 Å². The average molecular weight is 512 g/mol. The maximum absolute atomic E-state index is 13.4. The second-order valence-electron chi connectivity index (χ2n) is 8.81. The zero-order chi connectivity index (χ0) is 26.3. The molecule has 1 aliphatic rings. The van der Waals surface area contributed by atoms with E-state index in [4.69, 9.17) is 0 Å². The van der Waals surface area contributed by atoms with Crippen molar-refractivity contribution in [2.45, 2.75) is 31.7 Å². The van der Waals surface area contributed by atoms with Crippen molar-refractivity contribution in [3.8, 4) is 0 Å². The van der Waals surface area contributed by atoms with E-state index in [-0.39, 0.29) is 44.4 Å². The van der Waals surface area contributed by atoms with Crippen LogP contribution in [0.5, 0.6) is 0 Å². The van der Waals surface area contributed by atoms with E-state index in [0.29, 0.717) is 23.3 Å². The van der Waals surface area contributed by atoms with Gasteiger partial charge in [-0.05, 0) is 31.2 Å². The molecule has 1 N–H and O–H groups in total. The lowest BCUT2D eigenvalue weighted by Gasteiger charge is -2.41. The first-order valence-electron chi connectivity index (χ1n) is 11.1. The molecule has 36 heavy (non-hydrogen) atoms. The van der Waals surface area contributed by atoms with Crippen molar-refractivity contribution in [2.24, 2.45) is 0 Å². The van der Waals surface area contributed by atoms with Crippen molar-refractivity contribution in [1.82, 2.24) is 20.0 Å². The molecule has 1 fully saturated rings. The molecule has 1 saturated heterocycles. The number of aromatic amines is 1. The van der Waals surface area contributed by atoms with Gasteiger partial charge in [-0.15, -0.1) is 0 Å². The number of fused-ring (bicyclic) bond motifs is 1. The maximum atomic E-state index is 13.4. The number of para-hydroxylation sites is 1. The highest BCUT2D eigenvalue weighted by atomic mass is 19.4. The third kappa shape index (κ3) is 5.53. The highest BCUT2D eigenvalue weighted by Crippen LogP contribution is 2.37. The lowest BCUT2D eigenvalue weighted by atomic mass is 10.00. The minimum absolute atomic E-state index is 0.00417. The van der Waals surface area contributed by atoms with Crippen molar-refractivity contribution < 1.29 is 35.9 Å². The summed E-state index contributed by atoms with van der Waals surface area (Å²) in [6.07, 6.45) is -9.92. The Morgan fingerprint density at radius 3 is 2.25 bits per heavy atom. The molecular weight excluding hydrogens is 490 g/mol. The van der Waals surface area contributed by atoms with Gasteiger partial charge in [0.15, 0.2) is 0 Å². The van der Waals surface area contributed by atoms with Crippen LogP contribution in [-0.2, 0) is 23.6 Å². The van der Waals surface area contributed by atoms with E-state index in [0.717, 1.165) is 5.39 Å². The Morgan fingerprint density at radius 2 is 1.64 bits per heavy atom. The number of H-pyrrole nitrogens is 1. The number of amides is 1. The molecule has 0 radical (unpaired) electrons. The quantitative estimate of drug-likeness (QED) is 0.509. The summed E-state index contributed by atoms with van der Waals surface area (Å²) in [7, 11) is 0. The number of Topliss-reactive ketones (excluding diaryl/α,β-unsaturated/α-hetero) is 1. The molecule has 1 aromatic heterocycles. The normalized spacial score (nSPS) is 17.5. The monoisotopic (exact) mass is 512 g/mol. The highest BCUT2D eigenvalue weighted by Gasteiger charge is 2.39. The molecular formula is C24H22F6N4O2. The second-order valence-corrected chi connectivity index (χ2v) is 8.81. The van der Waals surface area contributed by atoms with Gasteiger partial charge in [0.2, 0.25) is 0 Å². The number of hydrogen-bond donors (Lipinski definition) is 1. The summed E-state index contributed by atoms with van der Waals surface area (Å²) >= 11 is 0. The molecule has 0 bridgehead atoms. The standard InChI is InChI=1S/C24H22F6N4O2/c1-14(35)12-33-6-7-34(18(13-33)11-21-19-4-2-3-5-20(19)31-32-21)22(36)15-8-16(23(25,26)27)10-17(9-15)24(28,29)30/h2-5,8-10,18H,6-7,11-13H2,1H3,(H,31,32). The Kier molecular flexibility index (Phi) is 6.82. The summed E-state index contributed by atoms with van der Waals surface area (Å²) < 4.78 is 80.1. The first-order valence-corrected chi connectivity index (χ1v) is 11.1. The smallest absolute Gasteiger partial charge is 0.333 e. The Hall–Kier alpha value is -3.41. The van der Waals surface area contributed by atoms with Crippen LogP contribution < -0.4 is 0 Å². The number of nitrogens with zero attached hydrogens (tertiary/aromatic N) is 3. The van der Waals surface area contributed by atoms with Gasteiger partial charge in [-0.1, -0.05) is 18.2 Å². The highest BCUT2D eigenvalue weighted by molar-refractivity contribution is 5.95. The van der Waals surface area contributed by atoms with Gasteiger partial charge in [-0.3, -0.25) is 19.6 Å². The first-order chi connectivity index (χ1) is 16.8. The summed E-state index contributed by atoms with van der Waals surface area (Å²) in [6.45, 7) is 2.01. The van der Waals surface area contributed by atoms with Gasteiger partial charge in [-0.2, -0.15) is 31.4 Å². The van der Waals surface area contributed by atoms with Crippen LogP contribution >= 0.6 is 0 Å². The van der Waals surface area contributed by atoms with E-state index in [1.165, 1.54) is 11.8 Å². The van der Waals surface area contributed by atoms with Crippen molar-refractivity contribution >= 4 is 22.6 Å². The number of rotatable bonds is 5. The van der Waals surface area contributed by atoms with E-state index < -0.39 is 41.0 Å². The fourth-order valence-corrected chi connectivity index (χ4v) is 4.47. The lowest BCUT2D eigenvalue weighted by molar-refractivity contribution is -0.143. The molecule has 1 aliphatic heterocycles. The van der Waals surface area contributed by atoms with E-state index in [2.05, 4.69) is 10.2 Å². The van der Waals surface area contributed by atoms with Gasteiger partial charge in [-0.25, -0.2) is 0 Å². The molecule has 2 aromatic carbocycles. The number of carbonyl (C=O) groups excluding carboxylic acids is 2. The Balaban J connectivity index is 1.70. The molecule has 0 saturated carbocycles. The molecule has 1 unspecified atom stereocenters. The molecule has 1 amide bonds. The second kappa shape index (κ2) is 9.57. The van der Waals surface area contributed by atoms with E-state index in [1.807, 2.05) is 11.0 Å². The molecule has 192 valence electrons. The van der Waals surface area contributed by atoms with Crippen LogP contribution in [0.2, 0.25) is 0 Å². The number of carbonyl (C=O) groups is 2. The minimum Gasteiger partial charge on any atom is -0.333 e. The molecule has 0 spiro atoms. The number of nitrogens with one attached hydrogen (secondary N) is 1. The summed E-state index contributed by atoms with van der Waals surface area (Å²) in [5, 5.41) is 7.90. The zero-order valence-electron chi connectivity index (χ0n) is 19.1. The molecule has 2 heterocycles. The summed E-state index contributed by atoms with van der Waals surface area (Å²) in [4.78, 5) is 28.1. The van der Waals surface area contributed by atoms with Gasteiger partial charge >= 0.3 is 12.4 Å². The Morgan fingerprint density at radius 1 is 1.00 bits per heavy atom. The molecule has 6 nitrogen and oxygen atoms in total. The third-order valence-corrected chi connectivity index (χ3v) is 6.09. The largest absolute Gasteiger partial charge is 0.416 e. The van der Waals surface area contributed by atoms with E-state index in [9.17, 15) is 35.9 Å². The fraction of sp³-hybridized carbons (Fsp3) is 0.375. The number of piperazine rings is 1. The molecule has 3 aromatic rings. The fourth-order valence-electron chi connectivity index (χ4n) is 4.47. The van der Waals surface area contributed by atoms with Crippen LogP contribution in [0.3, 0.4) is 0 Å². The van der Waals surface area contributed by atoms with Crippen LogP contribution in [0, 0.1) is 0 Å². The average Bonchev–Trinajstić information content (AvgIpc) is 3.20. The lowest BCUT2D eigenvalue weighted by Crippen LogP contribution is -2.56. The Bertz CT molecular complexity index is 1250. The Labute approximate surface area is 201 Å². The third-order valence-electron chi connectivity index (χ3n) is 6.09. The van der Waals surface area contributed by atoms with Gasteiger partial charge in [0.25, 0.3) is 5.91 Å². The predicted molar refractivity (Wildman–Crippen MR) is 118 cm³/mol. The molecule has 4 rings (SSSR count). The SMILES string of the molecule is CC(=O)CN1CCN(C(=O)c2cc(C(F)(F)F)cc(C(F)(F)F)c2)C(Cc2[nH]nc3ccccc23)C1.